The first-order valence-electron chi connectivity index (χ1n) is 16.1. The zero-order chi connectivity index (χ0) is 27.9. The number of aromatic nitrogens is 2. The maximum Gasteiger partial charge on any atom is 0.140 e. The van der Waals surface area contributed by atoms with Crippen molar-refractivity contribution in [3.8, 4) is 5.75 Å². The van der Waals surface area contributed by atoms with Gasteiger partial charge in [-0.15, -0.1) is 0 Å². The van der Waals surface area contributed by atoms with Crippen molar-refractivity contribution in [1.29, 1.82) is 0 Å². The van der Waals surface area contributed by atoms with Gasteiger partial charge in [-0.25, -0.2) is 0 Å². The van der Waals surface area contributed by atoms with Crippen molar-refractivity contribution < 1.29 is 4.74 Å². The number of fused-ring (bicyclic) bond motifs is 5. The molecule has 0 spiro atoms. The van der Waals surface area contributed by atoms with E-state index >= 15 is 0 Å². The van der Waals surface area contributed by atoms with Gasteiger partial charge in [-0.2, -0.15) is 0 Å². The number of nitrogens with one attached hydrogen (secondary N) is 5. The third kappa shape index (κ3) is 5.20. The second-order valence-corrected chi connectivity index (χ2v) is 13.5. The van der Waals surface area contributed by atoms with E-state index in [-0.39, 0.29) is 11.1 Å². The second kappa shape index (κ2) is 11.3. The molecule has 0 radical (unpaired) electrons. The monoisotopic (exact) mass is 556 g/mol. The number of para-hydroxylation sites is 1. The predicted octanol–water partition coefficient (Wildman–Crippen LogP) is 4.51. The molecule has 220 valence electrons. The number of piperazine rings is 2. The first-order valence-corrected chi connectivity index (χ1v) is 16.1. The Balaban J connectivity index is 1.17. The molecule has 1 aromatic carbocycles. The van der Waals surface area contributed by atoms with Gasteiger partial charge in [0.1, 0.15) is 5.75 Å². The maximum absolute atomic E-state index is 5.89. The van der Waals surface area contributed by atoms with Crippen molar-refractivity contribution in [2.24, 2.45) is 11.8 Å². The van der Waals surface area contributed by atoms with Gasteiger partial charge in [0.05, 0.1) is 12.8 Å². The van der Waals surface area contributed by atoms with E-state index in [9.17, 15) is 0 Å². The Morgan fingerprint density at radius 3 is 2.59 bits per heavy atom. The third-order valence-corrected chi connectivity index (χ3v) is 11.1. The lowest BCUT2D eigenvalue weighted by Crippen LogP contribution is -2.56. The van der Waals surface area contributed by atoms with Crippen LogP contribution in [-0.4, -0.2) is 66.4 Å². The van der Waals surface area contributed by atoms with Gasteiger partial charge in [-0.1, -0.05) is 31.5 Å². The van der Waals surface area contributed by atoms with Crippen LogP contribution in [0.4, 0.5) is 0 Å². The molecule has 0 aliphatic carbocycles. The van der Waals surface area contributed by atoms with Crippen molar-refractivity contribution in [1.82, 2.24) is 31.2 Å². The summed E-state index contributed by atoms with van der Waals surface area (Å²) in [7, 11) is 1.80. The SMILES string of the molecule is CCC(c1ncccc1OC)C(CC(CCCc1c[nH]c2ccccc12)CC12CNC(CN1)C2)C12CNC(CN1)C2. The molecule has 2 aromatic heterocycles. The van der Waals surface area contributed by atoms with E-state index in [1.165, 1.54) is 55.0 Å². The molecule has 5 N–H and O–H groups in total. The van der Waals surface area contributed by atoms with Crippen LogP contribution in [0.25, 0.3) is 10.9 Å². The molecule has 4 aliphatic rings. The third-order valence-electron chi connectivity index (χ3n) is 11.1. The van der Waals surface area contributed by atoms with Crippen molar-refractivity contribution in [3.63, 3.8) is 0 Å². The number of pyridine rings is 1. The van der Waals surface area contributed by atoms with E-state index in [1.807, 2.05) is 12.3 Å². The Morgan fingerprint density at radius 1 is 1.02 bits per heavy atom. The molecule has 0 amide bonds. The first-order chi connectivity index (χ1) is 20.1. The summed E-state index contributed by atoms with van der Waals surface area (Å²) in [5, 5.41) is 17.0. The fourth-order valence-corrected chi connectivity index (χ4v) is 9.16. The number of aromatic amines is 1. The molecule has 41 heavy (non-hydrogen) atoms. The normalized spacial score (nSPS) is 30.7. The van der Waals surface area contributed by atoms with Crippen molar-refractivity contribution in [2.75, 3.05) is 33.3 Å². The largest absolute Gasteiger partial charge is 0.495 e. The number of rotatable bonds is 13. The van der Waals surface area contributed by atoms with E-state index in [0.29, 0.717) is 29.8 Å². The molecular formula is C34H48N6O. The zero-order valence-electron chi connectivity index (χ0n) is 24.8. The maximum atomic E-state index is 5.89. The highest BCUT2D eigenvalue weighted by Crippen LogP contribution is 2.48. The van der Waals surface area contributed by atoms with Crippen LogP contribution < -0.4 is 26.0 Å². The number of hydrogen-bond donors (Lipinski definition) is 5. The second-order valence-electron chi connectivity index (χ2n) is 13.5. The Bertz CT molecular complexity index is 1320. The van der Waals surface area contributed by atoms with E-state index in [2.05, 4.69) is 69.7 Å². The number of H-pyrrole nitrogens is 1. The Labute approximate surface area is 245 Å². The first kappa shape index (κ1) is 27.4. The Hall–Kier alpha value is -2.45. The minimum Gasteiger partial charge on any atom is -0.495 e. The number of ether oxygens (including phenoxy) is 1. The zero-order valence-corrected chi connectivity index (χ0v) is 24.8. The van der Waals surface area contributed by atoms with E-state index < -0.39 is 0 Å². The van der Waals surface area contributed by atoms with Gasteiger partial charge in [-0.05, 0) is 80.5 Å². The van der Waals surface area contributed by atoms with Crippen LogP contribution >= 0.6 is 0 Å². The van der Waals surface area contributed by atoms with Crippen LogP contribution in [0, 0.1) is 11.8 Å². The molecule has 7 rings (SSSR count). The van der Waals surface area contributed by atoms with Crippen LogP contribution in [0.2, 0.25) is 0 Å². The standard InChI is InChI=1S/C34H48N6O/c1-3-27(32-31(41-2)12-7-13-35-32)29(34-17-26(20-40-34)38-22-34)14-23(15-33-16-25(19-39-33)37-21-33)8-6-9-24-18-36-30-11-5-4-10-28(24)30/h4-5,7,10-13,18,23,25-27,29,36-40H,3,6,8-9,14-17,19-22H2,1-2H3. The summed E-state index contributed by atoms with van der Waals surface area (Å²) in [5.74, 6) is 2.45. The highest BCUT2D eigenvalue weighted by molar-refractivity contribution is 5.83. The molecule has 4 saturated heterocycles. The summed E-state index contributed by atoms with van der Waals surface area (Å²) in [6, 6.07) is 14.1. The lowest BCUT2D eigenvalue weighted by atomic mass is 9.67. The molecule has 4 fully saturated rings. The lowest BCUT2D eigenvalue weighted by Gasteiger charge is -2.44. The summed E-state index contributed by atoms with van der Waals surface area (Å²) in [4.78, 5) is 8.46. The molecule has 6 heterocycles. The minimum absolute atomic E-state index is 0.125. The van der Waals surface area contributed by atoms with Gasteiger partial charge in [0.2, 0.25) is 0 Å². The summed E-state index contributed by atoms with van der Waals surface area (Å²) in [6.45, 7) is 6.72. The fourth-order valence-electron chi connectivity index (χ4n) is 9.16. The Morgan fingerprint density at radius 2 is 1.88 bits per heavy atom. The van der Waals surface area contributed by atoms with E-state index in [4.69, 9.17) is 9.72 Å². The molecule has 7 heteroatoms. The van der Waals surface area contributed by atoms with Gasteiger partial charge >= 0.3 is 0 Å². The lowest BCUT2D eigenvalue weighted by molar-refractivity contribution is 0.146. The fraction of sp³-hybridized carbons (Fsp3) is 0.618. The van der Waals surface area contributed by atoms with Crippen LogP contribution in [0.1, 0.15) is 69.0 Å². The van der Waals surface area contributed by atoms with Gasteiger partial charge in [0.25, 0.3) is 0 Å². The van der Waals surface area contributed by atoms with Gasteiger partial charge < -0.3 is 31.0 Å². The quantitative estimate of drug-likeness (QED) is 0.213. The summed E-state index contributed by atoms with van der Waals surface area (Å²) in [6.07, 6.45) is 13.8. The number of methoxy groups -OCH3 is 1. The molecule has 0 saturated carbocycles. The topological polar surface area (TPSA) is 86.0 Å². The minimum atomic E-state index is 0.125. The smallest absolute Gasteiger partial charge is 0.140 e. The number of hydrogen-bond acceptors (Lipinski definition) is 6. The highest BCUT2D eigenvalue weighted by Gasteiger charge is 2.53. The number of benzene rings is 1. The number of aryl methyl sites for hydroxylation is 1. The highest BCUT2D eigenvalue weighted by atomic mass is 16.5. The molecule has 4 aliphatic heterocycles. The van der Waals surface area contributed by atoms with Crippen LogP contribution in [0.3, 0.4) is 0 Å². The summed E-state index contributed by atoms with van der Waals surface area (Å²) in [5.41, 5.74) is 4.23. The summed E-state index contributed by atoms with van der Waals surface area (Å²) < 4.78 is 5.89. The van der Waals surface area contributed by atoms with E-state index in [1.54, 1.807) is 7.11 Å². The van der Waals surface area contributed by atoms with E-state index in [0.717, 1.165) is 50.5 Å². The predicted molar refractivity (Wildman–Crippen MR) is 166 cm³/mol. The van der Waals surface area contributed by atoms with Crippen molar-refractivity contribution in [3.05, 3.63) is 60.0 Å². The van der Waals surface area contributed by atoms with Crippen LogP contribution in [-0.2, 0) is 6.42 Å². The van der Waals surface area contributed by atoms with Crippen LogP contribution in [0.5, 0.6) is 5.75 Å². The Kier molecular flexibility index (Phi) is 7.57. The average Bonchev–Trinajstić information content (AvgIpc) is 3.85. The van der Waals surface area contributed by atoms with Gasteiger partial charge in [-0.3, -0.25) is 4.98 Å². The molecule has 3 aromatic rings. The molecule has 7 nitrogen and oxygen atoms in total. The van der Waals surface area contributed by atoms with Crippen molar-refractivity contribution >= 4 is 10.9 Å². The molecule has 7 atom stereocenters. The summed E-state index contributed by atoms with van der Waals surface area (Å²) >= 11 is 0. The molecule has 4 bridgehead atoms. The molecule has 7 unspecified atom stereocenters. The number of nitrogens with zero attached hydrogens (tertiary/aromatic N) is 1. The van der Waals surface area contributed by atoms with Gasteiger partial charge in [0, 0.05) is 78.6 Å². The molecular weight excluding hydrogens is 508 g/mol. The van der Waals surface area contributed by atoms with Crippen molar-refractivity contribution in [2.45, 2.75) is 87.4 Å². The van der Waals surface area contributed by atoms with Crippen LogP contribution in [0.15, 0.2) is 48.8 Å². The van der Waals surface area contributed by atoms with Gasteiger partial charge in [0.15, 0.2) is 0 Å². The average molecular weight is 557 g/mol.